The second kappa shape index (κ2) is 8.26. The molecule has 0 saturated carbocycles. The van der Waals surface area contributed by atoms with Crippen LogP contribution in [0.4, 0.5) is 4.79 Å². The van der Waals surface area contributed by atoms with Gasteiger partial charge in [-0.3, -0.25) is 0 Å². The Morgan fingerprint density at radius 1 is 1.19 bits per heavy atom. The molecule has 0 bridgehead atoms. The molecule has 0 saturated heterocycles. The molecule has 0 aliphatic carbocycles. The first-order valence-corrected chi connectivity index (χ1v) is 10.1. The van der Waals surface area contributed by atoms with Gasteiger partial charge in [-0.05, 0) is 59.6 Å². The maximum Gasteiger partial charge on any atom is 0.407 e. The molecule has 2 aromatic rings. The zero-order valence-corrected chi connectivity index (χ0v) is 17.0. The predicted molar refractivity (Wildman–Crippen MR) is 109 cm³/mol. The van der Waals surface area contributed by atoms with Crippen molar-refractivity contribution in [2.75, 3.05) is 13.1 Å². The van der Waals surface area contributed by atoms with Crippen molar-refractivity contribution >= 4 is 22.0 Å². The van der Waals surface area contributed by atoms with Gasteiger partial charge in [-0.15, -0.1) is 0 Å². The Balaban J connectivity index is 1.87. The van der Waals surface area contributed by atoms with E-state index in [1.807, 2.05) is 0 Å². The number of rotatable bonds is 4. The molecule has 2 aromatic carbocycles. The summed E-state index contributed by atoms with van der Waals surface area (Å²) in [5, 5.41) is 9.49. The average Bonchev–Trinajstić information content (AvgIpc) is 2.76. The number of hydrogen-bond donors (Lipinski definition) is 1. The molecule has 138 valence electrons. The predicted octanol–water partition coefficient (Wildman–Crippen LogP) is 5.71. The molecule has 1 amide bonds. The van der Waals surface area contributed by atoms with E-state index in [-0.39, 0.29) is 5.92 Å². The van der Waals surface area contributed by atoms with Gasteiger partial charge in [0.05, 0.1) is 0 Å². The summed E-state index contributed by atoms with van der Waals surface area (Å²) in [4.78, 5) is 13.1. The number of hydrogen-bond acceptors (Lipinski definition) is 1. The molecule has 0 aromatic heterocycles. The molecule has 26 heavy (non-hydrogen) atoms. The van der Waals surface area contributed by atoms with Gasteiger partial charge in [0, 0.05) is 23.5 Å². The zero-order chi connectivity index (χ0) is 18.7. The summed E-state index contributed by atoms with van der Waals surface area (Å²) in [6.45, 7) is 5.60. The summed E-state index contributed by atoms with van der Waals surface area (Å²) in [5.74, 6) is 0.828. The number of carboxylic acid groups (broad SMARTS) is 1. The lowest BCUT2D eigenvalue weighted by Gasteiger charge is -2.24. The quantitative estimate of drug-likeness (QED) is 0.694. The zero-order valence-electron chi connectivity index (χ0n) is 15.4. The van der Waals surface area contributed by atoms with Gasteiger partial charge in [-0.2, -0.15) is 0 Å². The minimum absolute atomic E-state index is 0.283. The van der Waals surface area contributed by atoms with Crippen LogP contribution >= 0.6 is 15.9 Å². The topological polar surface area (TPSA) is 40.5 Å². The molecular formula is C22H26BrNO2. The average molecular weight is 416 g/mol. The van der Waals surface area contributed by atoms with Crippen LogP contribution in [-0.4, -0.2) is 29.2 Å². The Morgan fingerprint density at radius 3 is 2.54 bits per heavy atom. The standard InChI is InChI=1S/C22H26BrNO2/c1-15(2)11-19-14-24(22(25)26)10-9-18-13-17(5-8-21(18)19)12-16-3-6-20(23)7-4-16/h3-8,13,15,19H,9-12,14H2,1-2H3,(H,25,26). The number of benzene rings is 2. The van der Waals surface area contributed by atoms with Crippen LogP contribution in [0.2, 0.25) is 0 Å². The van der Waals surface area contributed by atoms with E-state index in [0.717, 1.165) is 23.7 Å². The molecule has 1 heterocycles. The van der Waals surface area contributed by atoms with E-state index in [1.54, 1.807) is 4.90 Å². The molecule has 0 fully saturated rings. The maximum atomic E-state index is 11.5. The highest BCUT2D eigenvalue weighted by Gasteiger charge is 2.26. The van der Waals surface area contributed by atoms with E-state index in [9.17, 15) is 9.90 Å². The van der Waals surface area contributed by atoms with Crippen molar-refractivity contribution in [2.45, 2.75) is 39.0 Å². The molecule has 1 N–H and O–H groups in total. The van der Waals surface area contributed by atoms with Crippen molar-refractivity contribution in [2.24, 2.45) is 5.92 Å². The van der Waals surface area contributed by atoms with Crippen molar-refractivity contribution in [1.29, 1.82) is 0 Å². The normalized spacial score (nSPS) is 17.1. The third-order valence-corrected chi connectivity index (χ3v) is 5.62. The Morgan fingerprint density at radius 2 is 1.88 bits per heavy atom. The summed E-state index contributed by atoms with van der Waals surface area (Å²) in [5.41, 5.74) is 5.22. The lowest BCUT2D eigenvalue weighted by atomic mass is 9.86. The second-order valence-corrected chi connectivity index (χ2v) is 8.56. The highest BCUT2D eigenvalue weighted by Crippen LogP contribution is 2.32. The summed E-state index contributed by atoms with van der Waals surface area (Å²) in [7, 11) is 0. The number of amides is 1. The van der Waals surface area contributed by atoms with E-state index >= 15 is 0 Å². The van der Waals surface area contributed by atoms with Gasteiger partial charge in [0.15, 0.2) is 0 Å². The Hall–Kier alpha value is -1.81. The third kappa shape index (κ3) is 4.67. The molecule has 1 atom stereocenters. The maximum absolute atomic E-state index is 11.5. The highest BCUT2D eigenvalue weighted by atomic mass is 79.9. The Kier molecular flexibility index (Phi) is 6.02. The Bertz CT molecular complexity index is 770. The first-order chi connectivity index (χ1) is 12.4. The number of nitrogens with zero attached hydrogens (tertiary/aromatic N) is 1. The van der Waals surface area contributed by atoms with Crippen LogP contribution in [0.3, 0.4) is 0 Å². The van der Waals surface area contributed by atoms with E-state index in [4.69, 9.17) is 0 Å². The fraction of sp³-hybridized carbons (Fsp3) is 0.409. The number of fused-ring (bicyclic) bond motifs is 1. The summed E-state index contributed by atoms with van der Waals surface area (Å²) in [6, 6.07) is 15.2. The van der Waals surface area contributed by atoms with Gasteiger partial charge in [0.2, 0.25) is 0 Å². The fourth-order valence-corrected chi connectivity index (χ4v) is 4.14. The van der Waals surface area contributed by atoms with E-state index in [1.165, 1.54) is 22.3 Å². The van der Waals surface area contributed by atoms with Crippen molar-refractivity contribution in [3.05, 3.63) is 69.2 Å². The molecule has 4 heteroatoms. The van der Waals surface area contributed by atoms with E-state index < -0.39 is 6.09 Å². The molecule has 3 rings (SSSR count). The van der Waals surface area contributed by atoms with Crippen LogP contribution in [0, 0.1) is 5.92 Å². The molecular weight excluding hydrogens is 390 g/mol. The first kappa shape index (κ1) is 19.0. The minimum Gasteiger partial charge on any atom is -0.465 e. The monoisotopic (exact) mass is 415 g/mol. The van der Waals surface area contributed by atoms with Crippen LogP contribution in [-0.2, 0) is 12.8 Å². The van der Waals surface area contributed by atoms with Crippen LogP contribution in [0.15, 0.2) is 46.9 Å². The molecule has 1 aliphatic rings. The summed E-state index contributed by atoms with van der Waals surface area (Å²) < 4.78 is 1.09. The van der Waals surface area contributed by atoms with Gasteiger partial charge >= 0.3 is 6.09 Å². The smallest absolute Gasteiger partial charge is 0.407 e. The summed E-state index contributed by atoms with van der Waals surface area (Å²) >= 11 is 3.48. The van der Waals surface area contributed by atoms with Gasteiger partial charge in [-0.25, -0.2) is 4.79 Å². The molecule has 3 nitrogen and oxygen atoms in total. The molecule has 0 spiro atoms. The number of halogens is 1. The SMILES string of the molecule is CC(C)CC1CN(C(=O)O)CCc2cc(Cc3ccc(Br)cc3)ccc21. The van der Waals surface area contributed by atoms with Crippen LogP contribution in [0.25, 0.3) is 0 Å². The lowest BCUT2D eigenvalue weighted by Crippen LogP contribution is -2.33. The van der Waals surface area contributed by atoms with Crippen molar-refractivity contribution in [1.82, 2.24) is 4.90 Å². The van der Waals surface area contributed by atoms with Crippen LogP contribution in [0.1, 0.15) is 48.4 Å². The fourth-order valence-electron chi connectivity index (χ4n) is 3.88. The Labute approximate surface area is 164 Å². The summed E-state index contributed by atoms with van der Waals surface area (Å²) in [6.07, 6.45) is 1.91. The molecule has 1 unspecified atom stereocenters. The van der Waals surface area contributed by atoms with Crippen molar-refractivity contribution in [3.63, 3.8) is 0 Å². The third-order valence-electron chi connectivity index (χ3n) is 5.09. The van der Waals surface area contributed by atoms with Gasteiger partial charge in [0.25, 0.3) is 0 Å². The highest BCUT2D eigenvalue weighted by molar-refractivity contribution is 9.10. The van der Waals surface area contributed by atoms with Gasteiger partial charge in [-0.1, -0.05) is 60.1 Å². The largest absolute Gasteiger partial charge is 0.465 e. The van der Waals surface area contributed by atoms with Crippen molar-refractivity contribution in [3.8, 4) is 0 Å². The lowest BCUT2D eigenvalue weighted by molar-refractivity contribution is 0.142. The number of carbonyl (C=O) groups is 1. The van der Waals surface area contributed by atoms with Gasteiger partial charge < -0.3 is 10.0 Å². The van der Waals surface area contributed by atoms with E-state index in [2.05, 4.69) is 72.2 Å². The molecule has 0 radical (unpaired) electrons. The first-order valence-electron chi connectivity index (χ1n) is 9.26. The second-order valence-electron chi connectivity index (χ2n) is 7.64. The van der Waals surface area contributed by atoms with Crippen molar-refractivity contribution < 1.29 is 9.90 Å². The van der Waals surface area contributed by atoms with Gasteiger partial charge in [0.1, 0.15) is 0 Å². The van der Waals surface area contributed by atoms with Crippen LogP contribution in [0.5, 0.6) is 0 Å². The van der Waals surface area contributed by atoms with Crippen LogP contribution < -0.4 is 0 Å². The molecule has 1 aliphatic heterocycles. The van der Waals surface area contributed by atoms with E-state index in [0.29, 0.717) is 19.0 Å². The minimum atomic E-state index is -0.804.